The highest BCUT2D eigenvalue weighted by Gasteiger charge is 2.39. The number of aryl methyl sites for hydroxylation is 4. The average Bonchev–Trinajstić information content (AvgIpc) is 3.14. The number of likely N-dealkylation sites (N-methyl/N-ethyl adjacent to an activating group) is 2. The minimum absolute atomic E-state index is 0.0144. The predicted octanol–water partition coefficient (Wildman–Crippen LogP) is 10.2. The summed E-state index contributed by atoms with van der Waals surface area (Å²) in [4.78, 5) is 29.2. The van der Waals surface area contributed by atoms with Gasteiger partial charge >= 0.3 is 6.03 Å². The molecule has 0 aliphatic heterocycles. The largest absolute Gasteiger partial charge is 0.484 e. The minimum atomic E-state index is -3.83. The molecule has 0 radical (unpaired) electrons. The maximum absolute atomic E-state index is 13.4. The van der Waals surface area contributed by atoms with E-state index < -0.39 is 19.9 Å². The standard InChI is InChI=1S/C59H81Cl4N5O12S2/c1-38-30-55(40(3)28-53(38)79-57-47-32-42(60)34-49(62)45(47)36-51(57)67(5)6)81(71,72)27-13-20-76-24-25-77-21-17-65-59(70)64-16-11-9-10-14-44(69)15-12-19-75-23-26-78-22-18-66-82(73,74)56-31-39(2)54(29-41(56)4)80-58-48-33-43(61)35-50(63)46(48)37-52(58)68(7)8/h28-35,51-52,57-58,66H,9-27,36-37H2,1-8H3,(H2,64,65,70)/t51-,52-,57-,58-/m0/s1. The zero-order valence-electron chi connectivity index (χ0n) is 48.4. The van der Waals surface area contributed by atoms with Gasteiger partial charge in [-0.1, -0.05) is 52.8 Å². The van der Waals surface area contributed by atoms with Crippen molar-refractivity contribution >= 4 is 78.1 Å². The SMILES string of the molecule is Cc1cc(S(=O)(=O)CCCOCCOCCNC(=O)NCCCCCC(=O)CCCOCCOCCNS(=O)(=O)c2cc(C)c(O[C@H]3c4cc(Cl)cc(Cl)c4C[C@@H]3N(C)C)cc2C)c(C)cc1O[C@H]1c2cc(Cl)cc(Cl)c2C[C@@H]1N(C)C. The number of amides is 2. The van der Waals surface area contributed by atoms with Crippen molar-refractivity contribution in [1.82, 2.24) is 25.2 Å². The van der Waals surface area contributed by atoms with Gasteiger partial charge in [0.15, 0.2) is 9.84 Å². The monoisotopic (exact) mass is 1260 g/mol. The van der Waals surface area contributed by atoms with Gasteiger partial charge in [-0.25, -0.2) is 26.4 Å². The highest BCUT2D eigenvalue weighted by molar-refractivity contribution is 7.91. The maximum Gasteiger partial charge on any atom is 0.314 e. The first-order chi connectivity index (χ1) is 39.0. The Morgan fingerprint density at radius 3 is 1.52 bits per heavy atom. The molecule has 4 aromatic carbocycles. The zero-order valence-corrected chi connectivity index (χ0v) is 53.1. The smallest absolute Gasteiger partial charge is 0.314 e. The number of urea groups is 1. The van der Waals surface area contributed by atoms with E-state index in [1.165, 1.54) is 0 Å². The Labute approximate surface area is 505 Å². The van der Waals surface area contributed by atoms with Crippen molar-refractivity contribution in [2.45, 2.75) is 120 Å². The summed E-state index contributed by atoms with van der Waals surface area (Å²) in [6.07, 6.45) is 4.81. The second-order valence-electron chi connectivity index (χ2n) is 21.4. The van der Waals surface area contributed by atoms with Gasteiger partial charge in [0.25, 0.3) is 0 Å². The fraction of sp³-hybridized carbons (Fsp3) is 0.559. The normalized spacial score (nSPS) is 16.9. The lowest BCUT2D eigenvalue weighted by Crippen LogP contribution is -2.37. The van der Waals surface area contributed by atoms with Crippen LogP contribution >= 0.6 is 46.4 Å². The van der Waals surface area contributed by atoms with Crippen LogP contribution in [0.5, 0.6) is 11.5 Å². The molecule has 2 aliphatic carbocycles. The molecule has 0 spiro atoms. The third kappa shape index (κ3) is 19.4. The van der Waals surface area contributed by atoms with E-state index in [2.05, 4.69) is 25.2 Å². The van der Waals surface area contributed by atoms with Crippen LogP contribution in [0.2, 0.25) is 20.1 Å². The van der Waals surface area contributed by atoms with E-state index >= 15 is 0 Å². The van der Waals surface area contributed by atoms with Crippen LogP contribution in [0.25, 0.3) is 0 Å². The number of sulfone groups is 1. The number of hydrogen-bond donors (Lipinski definition) is 3. The summed E-state index contributed by atoms with van der Waals surface area (Å²) in [5.41, 5.74) is 6.41. The van der Waals surface area contributed by atoms with Gasteiger partial charge in [-0.05, 0) is 176 Å². The van der Waals surface area contributed by atoms with E-state index in [9.17, 15) is 26.4 Å². The van der Waals surface area contributed by atoms with Crippen LogP contribution in [0, 0.1) is 27.7 Å². The molecule has 0 fully saturated rings. The Balaban J connectivity index is 0.722. The van der Waals surface area contributed by atoms with Gasteiger partial charge in [-0.2, -0.15) is 0 Å². The fourth-order valence-electron chi connectivity index (χ4n) is 10.2. The Kier molecular flexibility index (Phi) is 26.3. The highest BCUT2D eigenvalue weighted by Crippen LogP contribution is 2.45. The Morgan fingerprint density at radius 1 is 0.524 bits per heavy atom. The maximum atomic E-state index is 13.4. The van der Waals surface area contributed by atoms with E-state index in [-0.39, 0.29) is 84.6 Å². The first kappa shape index (κ1) is 67.3. The van der Waals surface area contributed by atoms with Crippen LogP contribution in [0.15, 0.2) is 58.3 Å². The number of carbonyl (C=O) groups is 2. The molecule has 454 valence electrons. The molecule has 0 aromatic heterocycles. The third-order valence-corrected chi connectivity index (χ3v) is 19.3. The number of fused-ring (bicyclic) bond motifs is 2. The molecule has 0 heterocycles. The van der Waals surface area contributed by atoms with E-state index in [1.54, 1.807) is 50.2 Å². The summed E-state index contributed by atoms with van der Waals surface area (Å²) in [6.45, 7) is 10.4. The van der Waals surface area contributed by atoms with Crippen molar-refractivity contribution in [3.8, 4) is 11.5 Å². The molecule has 82 heavy (non-hydrogen) atoms. The Bertz CT molecular complexity index is 2840. The first-order valence-electron chi connectivity index (χ1n) is 27.9. The number of ether oxygens (including phenoxy) is 6. The van der Waals surface area contributed by atoms with E-state index in [4.69, 9.17) is 74.8 Å². The zero-order chi connectivity index (χ0) is 59.7. The van der Waals surface area contributed by atoms with Crippen LogP contribution in [0.1, 0.15) is 102 Å². The summed E-state index contributed by atoms with van der Waals surface area (Å²) in [5, 5.41) is 7.84. The summed E-state index contributed by atoms with van der Waals surface area (Å²) in [6, 6.07) is 13.8. The summed E-state index contributed by atoms with van der Waals surface area (Å²) in [5.74, 6) is 1.28. The third-order valence-electron chi connectivity index (χ3n) is 14.6. The summed E-state index contributed by atoms with van der Waals surface area (Å²) in [7, 11) is 0.548. The van der Waals surface area contributed by atoms with Gasteiger partial charge in [0.1, 0.15) is 29.5 Å². The lowest BCUT2D eigenvalue weighted by atomic mass is 10.1. The topological polar surface area (TPSA) is 200 Å². The fourth-order valence-corrected chi connectivity index (χ4v) is 14.3. The quantitative estimate of drug-likeness (QED) is 0.0368. The number of sulfonamides is 1. The number of halogens is 4. The van der Waals surface area contributed by atoms with Crippen LogP contribution in [0.3, 0.4) is 0 Å². The minimum Gasteiger partial charge on any atom is -0.484 e. The second-order valence-corrected chi connectivity index (χ2v) is 26.9. The Hall–Kier alpha value is -3.80. The molecule has 0 saturated carbocycles. The molecule has 2 aliphatic rings. The summed E-state index contributed by atoms with van der Waals surface area (Å²) >= 11 is 25.8. The number of rotatable bonds is 35. The number of hydrogen-bond acceptors (Lipinski definition) is 14. The summed E-state index contributed by atoms with van der Waals surface area (Å²) < 4.78 is 91.5. The van der Waals surface area contributed by atoms with Gasteiger partial charge < -0.3 is 48.9 Å². The lowest BCUT2D eigenvalue weighted by Gasteiger charge is -2.28. The van der Waals surface area contributed by atoms with Crippen molar-refractivity contribution in [3.05, 3.63) is 113 Å². The molecule has 0 saturated heterocycles. The molecular weight excluding hydrogens is 1180 g/mol. The molecule has 17 nitrogen and oxygen atoms in total. The van der Waals surface area contributed by atoms with Crippen molar-refractivity contribution in [3.63, 3.8) is 0 Å². The molecule has 0 unspecified atom stereocenters. The van der Waals surface area contributed by atoms with Gasteiger partial charge in [0.05, 0.1) is 67.3 Å². The molecule has 0 bridgehead atoms. The molecule has 23 heteroatoms. The van der Waals surface area contributed by atoms with E-state index in [0.717, 1.165) is 41.5 Å². The molecule has 2 amide bonds. The van der Waals surface area contributed by atoms with E-state index in [0.29, 0.717) is 132 Å². The molecule has 4 aromatic rings. The number of nitrogens with zero attached hydrogens (tertiary/aromatic N) is 2. The van der Waals surface area contributed by atoms with Crippen LogP contribution in [-0.4, -0.2) is 157 Å². The van der Waals surface area contributed by atoms with Crippen molar-refractivity contribution < 1.29 is 54.8 Å². The van der Waals surface area contributed by atoms with E-state index in [1.807, 2.05) is 54.2 Å². The lowest BCUT2D eigenvalue weighted by molar-refractivity contribution is -0.119. The van der Waals surface area contributed by atoms with Gasteiger partial charge in [-0.3, -0.25) is 4.79 Å². The van der Waals surface area contributed by atoms with Gasteiger partial charge in [0.2, 0.25) is 10.0 Å². The van der Waals surface area contributed by atoms with Crippen molar-refractivity contribution in [1.29, 1.82) is 0 Å². The molecule has 6 rings (SSSR count). The second kappa shape index (κ2) is 32.1. The number of carbonyl (C=O) groups excluding carboxylic acids is 2. The number of Topliss-reactive ketones (excluding diaryl/α,β-unsaturated/α-hetero) is 1. The molecule has 4 atom stereocenters. The van der Waals surface area contributed by atoms with Crippen LogP contribution < -0.4 is 24.8 Å². The van der Waals surface area contributed by atoms with Crippen molar-refractivity contribution in [2.24, 2.45) is 0 Å². The van der Waals surface area contributed by atoms with Crippen LogP contribution in [-0.2, 0) is 56.4 Å². The van der Waals surface area contributed by atoms with Gasteiger partial charge in [0, 0.05) is 76.9 Å². The Morgan fingerprint density at radius 2 is 0.988 bits per heavy atom. The predicted molar refractivity (Wildman–Crippen MR) is 323 cm³/mol. The first-order valence-corrected chi connectivity index (χ1v) is 32.5. The molecule has 3 N–H and O–H groups in total. The van der Waals surface area contributed by atoms with Crippen molar-refractivity contribution in [2.75, 3.05) is 106 Å². The number of nitrogens with one attached hydrogen (secondary N) is 3. The average molecular weight is 1260 g/mol. The number of unbranched alkanes of at least 4 members (excludes halogenated alkanes) is 2. The van der Waals surface area contributed by atoms with Gasteiger partial charge in [-0.15, -0.1) is 0 Å². The number of benzene rings is 4. The highest BCUT2D eigenvalue weighted by atomic mass is 35.5. The van der Waals surface area contributed by atoms with Crippen LogP contribution in [0.4, 0.5) is 4.79 Å². The molecular formula is C59H81Cl4N5O12S2. The number of ketones is 1.